The molecule has 0 aliphatic carbocycles. The van der Waals surface area contributed by atoms with Crippen LogP contribution >= 0.6 is 0 Å². The average Bonchev–Trinajstić information content (AvgIpc) is 3.20. The molecule has 8 heteroatoms. The third-order valence-corrected chi connectivity index (χ3v) is 3.95. The molecule has 0 spiro atoms. The summed E-state index contributed by atoms with van der Waals surface area (Å²) in [6.07, 6.45) is -2.86. The number of furan rings is 1. The summed E-state index contributed by atoms with van der Waals surface area (Å²) in [6, 6.07) is 15.4. The summed E-state index contributed by atoms with van der Waals surface area (Å²) in [5.74, 6) is 0.339. The molecule has 3 aromatic rings. The Bertz CT molecular complexity index is 940. The minimum absolute atomic E-state index is 0.166. The summed E-state index contributed by atoms with van der Waals surface area (Å²) < 4.78 is 49.0. The van der Waals surface area contributed by atoms with E-state index in [4.69, 9.17) is 9.15 Å². The SMILES string of the molecule is O=C(CNc1cccc(C(F)(F)F)c1)Nc1cccc(COCc2ccco2)c1. The first kappa shape index (κ1) is 20.5. The van der Waals surface area contributed by atoms with Crippen LogP contribution in [-0.4, -0.2) is 12.5 Å². The van der Waals surface area contributed by atoms with E-state index in [1.165, 1.54) is 12.1 Å². The summed E-state index contributed by atoms with van der Waals surface area (Å²) in [5, 5.41) is 5.40. The van der Waals surface area contributed by atoms with Gasteiger partial charge in [0.2, 0.25) is 5.91 Å². The van der Waals surface area contributed by atoms with Gasteiger partial charge in [0.25, 0.3) is 0 Å². The lowest BCUT2D eigenvalue weighted by atomic mass is 10.2. The number of hydrogen-bond donors (Lipinski definition) is 2. The van der Waals surface area contributed by atoms with Gasteiger partial charge in [0.1, 0.15) is 12.4 Å². The highest BCUT2D eigenvalue weighted by Gasteiger charge is 2.30. The molecule has 0 fully saturated rings. The zero-order chi connectivity index (χ0) is 20.7. The highest BCUT2D eigenvalue weighted by molar-refractivity contribution is 5.93. The van der Waals surface area contributed by atoms with E-state index < -0.39 is 11.7 Å². The Balaban J connectivity index is 1.49. The third kappa shape index (κ3) is 6.39. The monoisotopic (exact) mass is 404 g/mol. The zero-order valence-electron chi connectivity index (χ0n) is 15.3. The number of carbonyl (C=O) groups is 1. The van der Waals surface area contributed by atoms with E-state index in [9.17, 15) is 18.0 Å². The molecule has 0 bridgehead atoms. The Kier molecular flexibility index (Phi) is 6.56. The van der Waals surface area contributed by atoms with E-state index >= 15 is 0 Å². The van der Waals surface area contributed by atoms with Crippen molar-refractivity contribution in [3.05, 3.63) is 83.8 Å². The second kappa shape index (κ2) is 9.29. The molecule has 1 amide bonds. The van der Waals surface area contributed by atoms with Crippen molar-refractivity contribution < 1.29 is 27.1 Å². The van der Waals surface area contributed by atoms with Crippen LogP contribution in [0.2, 0.25) is 0 Å². The fraction of sp³-hybridized carbons (Fsp3) is 0.190. The molecule has 0 atom stereocenters. The quantitative estimate of drug-likeness (QED) is 0.551. The normalized spacial score (nSPS) is 11.3. The van der Waals surface area contributed by atoms with Gasteiger partial charge in [-0.15, -0.1) is 0 Å². The van der Waals surface area contributed by atoms with Gasteiger partial charge in [0.15, 0.2) is 0 Å². The predicted octanol–water partition coefficient (Wildman–Crippen LogP) is 5.07. The van der Waals surface area contributed by atoms with Crippen LogP contribution in [0.3, 0.4) is 0 Å². The Labute approximate surface area is 165 Å². The second-order valence-electron chi connectivity index (χ2n) is 6.25. The van der Waals surface area contributed by atoms with Crippen LogP contribution in [0.5, 0.6) is 0 Å². The molecule has 3 rings (SSSR count). The topological polar surface area (TPSA) is 63.5 Å². The minimum atomic E-state index is -4.43. The molecule has 2 N–H and O–H groups in total. The van der Waals surface area contributed by atoms with E-state index in [0.29, 0.717) is 18.9 Å². The number of carbonyl (C=O) groups excluding carboxylic acids is 1. The standard InChI is InChI=1S/C21H19F3N2O3/c22-21(23,24)16-5-2-6-17(11-16)25-12-20(27)26-18-7-1-4-15(10-18)13-28-14-19-8-3-9-29-19/h1-11,25H,12-14H2,(H,26,27). The lowest BCUT2D eigenvalue weighted by Crippen LogP contribution is -2.22. The van der Waals surface area contributed by atoms with Crippen LogP contribution in [0.4, 0.5) is 24.5 Å². The molecular weight excluding hydrogens is 385 g/mol. The number of alkyl halides is 3. The summed E-state index contributed by atoms with van der Waals surface area (Å²) >= 11 is 0. The summed E-state index contributed by atoms with van der Waals surface area (Å²) in [7, 11) is 0. The number of rotatable bonds is 8. The summed E-state index contributed by atoms with van der Waals surface area (Å²) in [6.45, 7) is 0.512. The van der Waals surface area contributed by atoms with Crippen molar-refractivity contribution in [1.82, 2.24) is 0 Å². The van der Waals surface area contributed by atoms with Gasteiger partial charge in [0, 0.05) is 11.4 Å². The number of ether oxygens (including phenoxy) is 1. The molecule has 152 valence electrons. The third-order valence-electron chi connectivity index (χ3n) is 3.95. The maximum absolute atomic E-state index is 12.7. The van der Waals surface area contributed by atoms with Crippen molar-refractivity contribution >= 4 is 17.3 Å². The number of anilines is 2. The number of hydrogen-bond acceptors (Lipinski definition) is 4. The highest BCUT2D eigenvalue weighted by Crippen LogP contribution is 2.30. The second-order valence-corrected chi connectivity index (χ2v) is 6.25. The van der Waals surface area contributed by atoms with Gasteiger partial charge < -0.3 is 19.8 Å². The molecule has 0 saturated carbocycles. The highest BCUT2D eigenvalue weighted by atomic mass is 19.4. The van der Waals surface area contributed by atoms with Crippen molar-refractivity contribution in [2.45, 2.75) is 19.4 Å². The van der Waals surface area contributed by atoms with Crippen molar-refractivity contribution in [3.63, 3.8) is 0 Å². The van der Waals surface area contributed by atoms with Crippen LogP contribution in [0, 0.1) is 0 Å². The van der Waals surface area contributed by atoms with Crippen LogP contribution < -0.4 is 10.6 Å². The van der Waals surface area contributed by atoms with Gasteiger partial charge in [-0.05, 0) is 48.0 Å². The van der Waals surface area contributed by atoms with E-state index in [1.807, 2.05) is 12.1 Å². The van der Waals surface area contributed by atoms with E-state index in [-0.39, 0.29) is 18.1 Å². The fourth-order valence-electron chi connectivity index (χ4n) is 2.60. The van der Waals surface area contributed by atoms with Crippen LogP contribution in [0.1, 0.15) is 16.9 Å². The molecule has 1 heterocycles. The molecule has 0 aliphatic rings. The first-order valence-electron chi connectivity index (χ1n) is 8.80. The van der Waals surface area contributed by atoms with Gasteiger partial charge in [-0.25, -0.2) is 0 Å². The molecule has 0 saturated heterocycles. The smallest absolute Gasteiger partial charge is 0.416 e. The molecule has 0 aliphatic heterocycles. The van der Waals surface area contributed by atoms with Gasteiger partial charge in [-0.3, -0.25) is 4.79 Å². The van der Waals surface area contributed by atoms with Crippen LogP contribution in [-0.2, 0) is 28.9 Å². The molecule has 0 radical (unpaired) electrons. The van der Waals surface area contributed by atoms with E-state index in [2.05, 4.69) is 10.6 Å². The number of benzene rings is 2. The van der Waals surface area contributed by atoms with E-state index in [0.717, 1.165) is 23.5 Å². The molecule has 2 aromatic carbocycles. The first-order chi connectivity index (χ1) is 13.9. The number of amides is 1. The van der Waals surface area contributed by atoms with Gasteiger partial charge in [-0.1, -0.05) is 18.2 Å². The summed E-state index contributed by atoms with van der Waals surface area (Å²) in [5.41, 5.74) is 0.875. The molecule has 0 unspecified atom stereocenters. The van der Waals surface area contributed by atoms with E-state index in [1.54, 1.807) is 30.5 Å². The lowest BCUT2D eigenvalue weighted by molar-refractivity contribution is -0.137. The average molecular weight is 404 g/mol. The van der Waals surface area contributed by atoms with Gasteiger partial charge in [0.05, 0.1) is 25.0 Å². The fourth-order valence-corrected chi connectivity index (χ4v) is 2.60. The molecule has 1 aromatic heterocycles. The number of halogens is 3. The Morgan fingerprint density at radius 3 is 2.52 bits per heavy atom. The van der Waals surface area contributed by atoms with Gasteiger partial charge >= 0.3 is 6.18 Å². The largest absolute Gasteiger partial charge is 0.467 e. The minimum Gasteiger partial charge on any atom is -0.467 e. The maximum Gasteiger partial charge on any atom is 0.416 e. The molecule has 5 nitrogen and oxygen atoms in total. The summed E-state index contributed by atoms with van der Waals surface area (Å²) in [4.78, 5) is 12.1. The van der Waals surface area contributed by atoms with Crippen molar-refractivity contribution in [2.24, 2.45) is 0 Å². The maximum atomic E-state index is 12.7. The Hall–Kier alpha value is -3.26. The van der Waals surface area contributed by atoms with Crippen molar-refractivity contribution in [3.8, 4) is 0 Å². The lowest BCUT2D eigenvalue weighted by Gasteiger charge is -2.11. The van der Waals surface area contributed by atoms with Crippen LogP contribution in [0.15, 0.2) is 71.3 Å². The molecular formula is C21H19F3N2O3. The van der Waals surface area contributed by atoms with Gasteiger partial charge in [-0.2, -0.15) is 13.2 Å². The number of nitrogens with one attached hydrogen (secondary N) is 2. The predicted molar refractivity (Wildman–Crippen MR) is 102 cm³/mol. The Morgan fingerprint density at radius 1 is 0.966 bits per heavy atom. The Morgan fingerprint density at radius 2 is 1.76 bits per heavy atom. The zero-order valence-corrected chi connectivity index (χ0v) is 15.3. The van der Waals surface area contributed by atoms with Crippen LogP contribution in [0.25, 0.3) is 0 Å². The van der Waals surface area contributed by atoms with Crippen molar-refractivity contribution in [2.75, 3.05) is 17.2 Å². The first-order valence-corrected chi connectivity index (χ1v) is 8.80. The molecule has 29 heavy (non-hydrogen) atoms. The van der Waals surface area contributed by atoms with Crippen molar-refractivity contribution in [1.29, 1.82) is 0 Å².